The molecule has 2 aromatic heterocycles. The fraction of sp³-hybridized carbons (Fsp3) is 0.0455. The zero-order chi connectivity index (χ0) is 20.9. The highest BCUT2D eigenvalue weighted by atomic mass is 16.5. The van der Waals surface area contributed by atoms with E-state index in [0.717, 1.165) is 5.75 Å². The molecule has 2 amide bonds. The molecule has 0 fully saturated rings. The van der Waals surface area contributed by atoms with E-state index in [1.165, 1.54) is 17.0 Å². The Morgan fingerprint density at radius 1 is 0.900 bits per heavy atom. The molecule has 0 saturated carbocycles. The first-order valence-corrected chi connectivity index (χ1v) is 9.12. The van der Waals surface area contributed by atoms with Gasteiger partial charge >= 0.3 is 0 Å². The van der Waals surface area contributed by atoms with E-state index in [4.69, 9.17) is 9.15 Å². The second-order valence-corrected chi connectivity index (χ2v) is 6.36. The van der Waals surface area contributed by atoms with Gasteiger partial charge in [-0.15, -0.1) is 0 Å². The second kappa shape index (κ2) is 8.36. The van der Waals surface area contributed by atoms with Crippen molar-refractivity contribution in [2.75, 3.05) is 10.6 Å². The Hall–Kier alpha value is -4.33. The minimum Gasteiger partial charge on any atom is -0.459 e. The van der Waals surface area contributed by atoms with Gasteiger partial charge in [0.15, 0.2) is 11.5 Å². The number of nitrogens with one attached hydrogen (secondary N) is 2. The van der Waals surface area contributed by atoms with Gasteiger partial charge in [0.1, 0.15) is 17.3 Å². The Morgan fingerprint density at radius 2 is 1.63 bits per heavy atom. The zero-order valence-corrected chi connectivity index (χ0v) is 16.0. The van der Waals surface area contributed by atoms with Crippen LogP contribution in [0.4, 0.5) is 11.5 Å². The predicted molar refractivity (Wildman–Crippen MR) is 111 cm³/mol. The monoisotopic (exact) mass is 402 g/mol. The summed E-state index contributed by atoms with van der Waals surface area (Å²) in [6, 6.07) is 21.1. The number of para-hydroxylation sites is 1. The molecule has 30 heavy (non-hydrogen) atoms. The summed E-state index contributed by atoms with van der Waals surface area (Å²) in [5, 5.41) is 9.57. The van der Waals surface area contributed by atoms with E-state index in [0.29, 0.717) is 17.3 Å². The second-order valence-electron chi connectivity index (χ2n) is 6.36. The van der Waals surface area contributed by atoms with Crippen LogP contribution in [0.25, 0.3) is 0 Å². The Bertz CT molecular complexity index is 1150. The minimum atomic E-state index is -0.427. The van der Waals surface area contributed by atoms with Gasteiger partial charge in [0.25, 0.3) is 11.8 Å². The van der Waals surface area contributed by atoms with Crippen LogP contribution >= 0.6 is 0 Å². The molecular formula is C22H18N4O4. The van der Waals surface area contributed by atoms with Gasteiger partial charge in [-0.25, -0.2) is 0 Å². The normalized spacial score (nSPS) is 10.4. The summed E-state index contributed by atoms with van der Waals surface area (Å²) in [5.74, 6) is 1.09. The molecule has 0 saturated heterocycles. The molecule has 0 bridgehead atoms. The third kappa shape index (κ3) is 4.39. The summed E-state index contributed by atoms with van der Waals surface area (Å²) >= 11 is 0. The van der Waals surface area contributed by atoms with Gasteiger partial charge in [-0.2, -0.15) is 5.10 Å². The first kappa shape index (κ1) is 19.0. The van der Waals surface area contributed by atoms with Crippen molar-refractivity contribution in [3.05, 3.63) is 90.5 Å². The zero-order valence-electron chi connectivity index (χ0n) is 16.0. The topological polar surface area (TPSA) is 98.4 Å². The third-order valence-corrected chi connectivity index (χ3v) is 4.19. The molecule has 4 aromatic rings. The Morgan fingerprint density at radius 3 is 2.33 bits per heavy atom. The largest absolute Gasteiger partial charge is 0.459 e. The van der Waals surface area contributed by atoms with Crippen LogP contribution in [0.15, 0.2) is 83.5 Å². The van der Waals surface area contributed by atoms with E-state index in [-0.39, 0.29) is 11.5 Å². The number of carbonyl (C=O) groups is 2. The Balaban J connectivity index is 1.39. The van der Waals surface area contributed by atoms with Crippen LogP contribution in [0.3, 0.4) is 0 Å². The third-order valence-electron chi connectivity index (χ3n) is 4.19. The molecule has 2 aromatic carbocycles. The molecule has 4 rings (SSSR count). The fourth-order valence-corrected chi connectivity index (χ4v) is 2.71. The molecule has 0 aliphatic heterocycles. The summed E-state index contributed by atoms with van der Waals surface area (Å²) in [6.07, 6.45) is 1.41. The first-order chi connectivity index (χ1) is 14.6. The molecule has 0 spiro atoms. The molecule has 150 valence electrons. The Kier molecular flexibility index (Phi) is 5.29. The minimum absolute atomic E-state index is 0.164. The van der Waals surface area contributed by atoms with Crippen molar-refractivity contribution in [3.8, 4) is 11.5 Å². The smallest absolute Gasteiger partial charge is 0.292 e. The number of anilines is 2. The van der Waals surface area contributed by atoms with E-state index in [2.05, 4.69) is 15.7 Å². The van der Waals surface area contributed by atoms with E-state index in [1.807, 2.05) is 30.3 Å². The van der Waals surface area contributed by atoms with Crippen molar-refractivity contribution in [3.63, 3.8) is 0 Å². The molecule has 0 atom stereocenters. The van der Waals surface area contributed by atoms with Crippen molar-refractivity contribution in [1.29, 1.82) is 0 Å². The molecule has 2 N–H and O–H groups in total. The predicted octanol–water partition coefficient (Wildman–Crippen LogP) is 4.31. The quantitative estimate of drug-likeness (QED) is 0.501. The van der Waals surface area contributed by atoms with Gasteiger partial charge in [0.2, 0.25) is 0 Å². The van der Waals surface area contributed by atoms with Gasteiger partial charge in [-0.1, -0.05) is 18.2 Å². The lowest BCUT2D eigenvalue weighted by molar-refractivity contribution is 0.0993. The molecule has 2 heterocycles. The van der Waals surface area contributed by atoms with Crippen LogP contribution in [0.1, 0.15) is 21.0 Å². The summed E-state index contributed by atoms with van der Waals surface area (Å²) in [6.45, 7) is 0. The first-order valence-electron chi connectivity index (χ1n) is 9.12. The number of hydrogen-bond donors (Lipinski definition) is 2. The van der Waals surface area contributed by atoms with Gasteiger partial charge < -0.3 is 19.8 Å². The average molecular weight is 402 g/mol. The summed E-state index contributed by atoms with van der Waals surface area (Å²) < 4.78 is 12.2. The van der Waals surface area contributed by atoms with E-state index in [1.54, 1.807) is 43.4 Å². The summed E-state index contributed by atoms with van der Waals surface area (Å²) in [5.41, 5.74) is 0.754. The van der Waals surface area contributed by atoms with Crippen molar-refractivity contribution >= 4 is 23.3 Å². The Labute approximate surface area is 172 Å². The number of hydrogen-bond acceptors (Lipinski definition) is 5. The van der Waals surface area contributed by atoms with Crippen LogP contribution in [-0.4, -0.2) is 21.6 Å². The van der Waals surface area contributed by atoms with Gasteiger partial charge in [0.05, 0.1) is 6.26 Å². The number of nitrogens with zero attached hydrogens (tertiary/aromatic N) is 2. The number of aromatic nitrogens is 2. The van der Waals surface area contributed by atoms with Crippen LogP contribution in [0.2, 0.25) is 0 Å². The lowest BCUT2D eigenvalue weighted by Crippen LogP contribution is -2.13. The van der Waals surface area contributed by atoms with E-state index in [9.17, 15) is 9.59 Å². The van der Waals surface area contributed by atoms with Crippen molar-refractivity contribution in [2.45, 2.75) is 0 Å². The maximum absolute atomic E-state index is 12.5. The van der Waals surface area contributed by atoms with E-state index < -0.39 is 11.8 Å². The summed E-state index contributed by atoms with van der Waals surface area (Å²) in [4.78, 5) is 24.6. The SMILES string of the molecule is Cn1nc(C(=O)Nc2ccc(Oc3ccccc3)cc2)cc1NC(=O)c1ccco1. The lowest BCUT2D eigenvalue weighted by Gasteiger charge is -2.07. The number of furan rings is 1. The lowest BCUT2D eigenvalue weighted by atomic mass is 10.3. The van der Waals surface area contributed by atoms with Crippen LogP contribution in [-0.2, 0) is 7.05 Å². The van der Waals surface area contributed by atoms with Crippen LogP contribution in [0.5, 0.6) is 11.5 Å². The molecule has 0 aliphatic carbocycles. The van der Waals surface area contributed by atoms with Gasteiger partial charge in [-0.3, -0.25) is 14.3 Å². The average Bonchev–Trinajstić information content (AvgIpc) is 3.41. The molecular weight excluding hydrogens is 384 g/mol. The highest BCUT2D eigenvalue weighted by molar-refractivity contribution is 6.05. The van der Waals surface area contributed by atoms with Crippen LogP contribution < -0.4 is 15.4 Å². The number of aryl methyl sites for hydroxylation is 1. The molecule has 8 nitrogen and oxygen atoms in total. The highest BCUT2D eigenvalue weighted by Gasteiger charge is 2.16. The number of rotatable bonds is 6. The van der Waals surface area contributed by atoms with Crippen molar-refractivity contribution in [1.82, 2.24) is 9.78 Å². The van der Waals surface area contributed by atoms with Crippen LogP contribution in [0, 0.1) is 0 Å². The fourth-order valence-electron chi connectivity index (χ4n) is 2.71. The van der Waals surface area contributed by atoms with Crippen molar-refractivity contribution in [2.24, 2.45) is 7.05 Å². The van der Waals surface area contributed by atoms with Gasteiger partial charge in [0, 0.05) is 18.8 Å². The standard InChI is InChI=1S/C22H18N4O4/c1-26-20(24-22(28)19-8-5-13-29-19)14-18(25-26)21(27)23-15-9-11-17(12-10-15)30-16-6-3-2-4-7-16/h2-14H,1H3,(H,23,27)(H,24,28). The molecule has 0 unspecified atom stereocenters. The van der Waals surface area contributed by atoms with Crippen molar-refractivity contribution < 1.29 is 18.7 Å². The molecule has 8 heteroatoms. The number of benzene rings is 2. The van der Waals surface area contributed by atoms with E-state index >= 15 is 0 Å². The number of ether oxygens (including phenoxy) is 1. The summed E-state index contributed by atoms with van der Waals surface area (Å²) in [7, 11) is 1.63. The number of carbonyl (C=O) groups excluding carboxylic acids is 2. The maximum Gasteiger partial charge on any atom is 0.292 e. The highest BCUT2D eigenvalue weighted by Crippen LogP contribution is 2.23. The maximum atomic E-state index is 12.5. The molecule has 0 aliphatic rings. The number of amides is 2. The van der Waals surface area contributed by atoms with Gasteiger partial charge in [-0.05, 0) is 48.5 Å². The molecule has 0 radical (unpaired) electrons.